The Morgan fingerprint density at radius 3 is 2.67 bits per heavy atom. The maximum Gasteiger partial charge on any atom is 0.309 e. The average Bonchev–Trinajstić information content (AvgIpc) is 2.70. The van der Waals surface area contributed by atoms with Gasteiger partial charge in [0.2, 0.25) is 0 Å². The largest absolute Gasteiger partial charge is 0.404 e. The normalized spacial score (nSPS) is 10.4. The Kier molecular flexibility index (Phi) is 3.31. The van der Waals surface area contributed by atoms with Gasteiger partial charge >= 0.3 is 5.97 Å². The number of nitrogens with zero attached hydrogens (tertiary/aromatic N) is 3. The number of carbonyl (C=O) groups excluding carboxylic acids is 1. The Hall–Kier alpha value is -2.31. The molecule has 0 atom stereocenters. The molecule has 2 rings (SSSR count). The topological polar surface area (TPSA) is 57.0 Å². The fourth-order valence-corrected chi connectivity index (χ4v) is 1.40. The molecule has 5 nitrogen and oxygen atoms in total. The summed E-state index contributed by atoms with van der Waals surface area (Å²) in [7, 11) is 0. The van der Waals surface area contributed by atoms with Crippen LogP contribution in [0, 0.1) is 11.6 Å². The number of hydrogen-bond acceptors (Lipinski definition) is 4. The number of benzene rings is 1. The predicted octanol–water partition coefficient (Wildman–Crippen LogP) is 1.53. The summed E-state index contributed by atoms with van der Waals surface area (Å²) in [6, 6.07) is 3.59. The molecule has 0 saturated carbocycles. The van der Waals surface area contributed by atoms with Crippen molar-refractivity contribution in [3.05, 3.63) is 41.6 Å². The number of halogens is 2. The van der Waals surface area contributed by atoms with Gasteiger partial charge in [0, 0.05) is 12.5 Å². The van der Waals surface area contributed by atoms with Crippen molar-refractivity contribution in [3.8, 4) is 5.88 Å². The Bertz CT molecular complexity index is 563. The molecule has 0 aliphatic carbocycles. The molecule has 0 aliphatic heterocycles. The van der Waals surface area contributed by atoms with E-state index in [-0.39, 0.29) is 18.0 Å². The fraction of sp³-hybridized carbons (Fsp3) is 0.182. The molecule has 7 heteroatoms. The molecule has 18 heavy (non-hydrogen) atoms. The van der Waals surface area contributed by atoms with Crippen LogP contribution in [-0.2, 0) is 11.3 Å². The summed E-state index contributed by atoms with van der Waals surface area (Å²) in [6.45, 7) is 1.09. The summed E-state index contributed by atoms with van der Waals surface area (Å²) in [4.78, 5) is 10.7. The van der Waals surface area contributed by atoms with Crippen LogP contribution in [0.4, 0.5) is 8.78 Å². The summed E-state index contributed by atoms with van der Waals surface area (Å²) >= 11 is 0. The van der Waals surface area contributed by atoms with Gasteiger partial charge < -0.3 is 4.74 Å². The first-order valence-electron chi connectivity index (χ1n) is 5.07. The molecule has 1 aromatic heterocycles. The zero-order chi connectivity index (χ0) is 13.1. The van der Waals surface area contributed by atoms with Gasteiger partial charge in [-0.1, -0.05) is 16.4 Å². The Balaban J connectivity index is 2.19. The summed E-state index contributed by atoms with van der Waals surface area (Å²) in [5, 5.41) is 7.14. The van der Waals surface area contributed by atoms with E-state index in [1.54, 1.807) is 0 Å². The highest BCUT2D eigenvalue weighted by atomic mass is 19.1. The van der Waals surface area contributed by atoms with E-state index < -0.39 is 17.6 Å². The molecule has 0 bridgehead atoms. The molecule has 0 unspecified atom stereocenters. The lowest BCUT2D eigenvalue weighted by Crippen LogP contribution is -2.05. The molecule has 0 aliphatic rings. The average molecular weight is 253 g/mol. The van der Waals surface area contributed by atoms with Gasteiger partial charge in [0.05, 0.1) is 12.7 Å². The third-order valence-electron chi connectivity index (χ3n) is 2.15. The van der Waals surface area contributed by atoms with Crippen LogP contribution < -0.4 is 4.74 Å². The van der Waals surface area contributed by atoms with Gasteiger partial charge in [0.15, 0.2) is 0 Å². The van der Waals surface area contributed by atoms with E-state index in [9.17, 15) is 13.6 Å². The third kappa shape index (κ3) is 2.68. The predicted molar refractivity (Wildman–Crippen MR) is 56.8 cm³/mol. The highest BCUT2D eigenvalue weighted by molar-refractivity contribution is 5.68. The Morgan fingerprint density at radius 1 is 1.39 bits per heavy atom. The lowest BCUT2D eigenvalue weighted by atomic mass is 10.2. The van der Waals surface area contributed by atoms with Gasteiger partial charge in [0.1, 0.15) is 11.6 Å². The standard InChI is InChI=1S/C11H9F2N3O2/c1-7(17)18-11-6-16(15-14-11)5-8-9(12)3-2-4-10(8)13/h2-4,6H,5H2,1H3. The number of carbonyl (C=O) groups is 1. The van der Waals surface area contributed by atoms with Gasteiger partial charge in [0.25, 0.3) is 5.88 Å². The second kappa shape index (κ2) is 4.91. The molecule has 0 radical (unpaired) electrons. The molecule has 94 valence electrons. The summed E-state index contributed by atoms with van der Waals surface area (Å²) in [6.07, 6.45) is 1.28. The lowest BCUT2D eigenvalue weighted by Gasteiger charge is -2.03. The number of ether oxygens (including phenoxy) is 1. The van der Waals surface area contributed by atoms with Crippen LogP contribution in [0.2, 0.25) is 0 Å². The van der Waals surface area contributed by atoms with Crippen molar-refractivity contribution in [3.63, 3.8) is 0 Å². The van der Waals surface area contributed by atoms with Gasteiger partial charge in [-0.2, -0.15) is 0 Å². The highest BCUT2D eigenvalue weighted by Gasteiger charge is 2.11. The van der Waals surface area contributed by atoms with E-state index in [2.05, 4.69) is 15.0 Å². The Labute approximate surface area is 101 Å². The minimum atomic E-state index is -0.667. The summed E-state index contributed by atoms with van der Waals surface area (Å²) < 4.78 is 32.6. The van der Waals surface area contributed by atoms with Gasteiger partial charge in [-0.3, -0.25) is 4.79 Å². The van der Waals surface area contributed by atoms with E-state index in [0.29, 0.717) is 0 Å². The van der Waals surface area contributed by atoms with Gasteiger partial charge in [-0.05, 0) is 12.1 Å². The molecular weight excluding hydrogens is 244 g/mol. The van der Waals surface area contributed by atoms with Crippen LogP contribution in [0.1, 0.15) is 12.5 Å². The van der Waals surface area contributed by atoms with Crippen LogP contribution >= 0.6 is 0 Å². The lowest BCUT2D eigenvalue weighted by molar-refractivity contribution is -0.132. The number of hydrogen-bond donors (Lipinski definition) is 0. The van der Waals surface area contributed by atoms with Crippen molar-refractivity contribution >= 4 is 5.97 Å². The zero-order valence-electron chi connectivity index (χ0n) is 9.43. The molecule has 0 fully saturated rings. The molecular formula is C11H9F2N3O2. The third-order valence-corrected chi connectivity index (χ3v) is 2.15. The highest BCUT2D eigenvalue weighted by Crippen LogP contribution is 2.14. The van der Waals surface area contributed by atoms with Crippen LogP contribution in [0.3, 0.4) is 0 Å². The van der Waals surface area contributed by atoms with Gasteiger partial charge in [-0.15, -0.1) is 0 Å². The maximum atomic E-state index is 13.4. The SMILES string of the molecule is CC(=O)Oc1cn(Cc2c(F)cccc2F)nn1. The maximum absolute atomic E-state index is 13.4. The molecule has 0 saturated heterocycles. The Morgan fingerprint density at radius 2 is 2.06 bits per heavy atom. The van der Waals surface area contributed by atoms with E-state index in [1.807, 2.05) is 0 Å². The molecule has 0 amide bonds. The quantitative estimate of drug-likeness (QED) is 0.778. The van der Waals surface area contributed by atoms with E-state index >= 15 is 0 Å². The van der Waals surface area contributed by atoms with E-state index in [1.165, 1.54) is 23.9 Å². The minimum absolute atomic E-state index is 0.0146. The van der Waals surface area contributed by atoms with Crippen LogP contribution in [0.15, 0.2) is 24.4 Å². The van der Waals surface area contributed by atoms with Crippen molar-refractivity contribution < 1.29 is 18.3 Å². The number of rotatable bonds is 3. The summed E-state index contributed by atoms with van der Waals surface area (Å²) in [5.41, 5.74) is -0.128. The molecule has 0 spiro atoms. The van der Waals surface area contributed by atoms with E-state index in [0.717, 1.165) is 12.1 Å². The smallest absolute Gasteiger partial charge is 0.309 e. The molecule has 1 heterocycles. The first-order chi connectivity index (χ1) is 8.56. The van der Waals surface area contributed by atoms with Crippen LogP contribution in [0.5, 0.6) is 5.88 Å². The fourth-order valence-electron chi connectivity index (χ4n) is 1.40. The number of aromatic nitrogens is 3. The minimum Gasteiger partial charge on any atom is -0.404 e. The van der Waals surface area contributed by atoms with Crippen molar-refractivity contribution in [2.24, 2.45) is 0 Å². The monoisotopic (exact) mass is 253 g/mol. The molecule has 2 aromatic rings. The van der Waals surface area contributed by atoms with Crippen LogP contribution in [0.25, 0.3) is 0 Å². The van der Waals surface area contributed by atoms with Crippen molar-refractivity contribution in [2.75, 3.05) is 0 Å². The second-order valence-electron chi connectivity index (χ2n) is 3.55. The summed E-state index contributed by atoms with van der Waals surface area (Å²) in [5.74, 6) is -1.89. The van der Waals surface area contributed by atoms with Crippen molar-refractivity contribution in [1.82, 2.24) is 15.0 Å². The van der Waals surface area contributed by atoms with Crippen LogP contribution in [-0.4, -0.2) is 21.0 Å². The van der Waals surface area contributed by atoms with Crippen molar-refractivity contribution in [1.29, 1.82) is 0 Å². The van der Waals surface area contributed by atoms with Gasteiger partial charge in [-0.25, -0.2) is 13.5 Å². The molecule has 1 aromatic carbocycles. The zero-order valence-corrected chi connectivity index (χ0v) is 9.43. The van der Waals surface area contributed by atoms with Crippen molar-refractivity contribution in [2.45, 2.75) is 13.5 Å². The second-order valence-corrected chi connectivity index (χ2v) is 3.55. The first kappa shape index (κ1) is 12.2. The number of esters is 1. The molecule has 0 N–H and O–H groups in total. The first-order valence-corrected chi connectivity index (χ1v) is 5.07. The van der Waals surface area contributed by atoms with E-state index in [4.69, 9.17) is 0 Å².